The molecule has 6 nitrogen and oxygen atoms in total. The Kier molecular flexibility index (Phi) is 5.71. The second kappa shape index (κ2) is 8.04. The molecule has 2 N–H and O–H groups in total. The molecule has 1 aliphatic rings. The number of alkyl halides is 3. The number of carbonyl (C=O) groups excluding carboxylic acids is 2. The molecule has 0 saturated carbocycles. The fourth-order valence-corrected chi connectivity index (χ4v) is 3.21. The number of benzene rings is 1. The number of fused-ring (bicyclic) bond motifs is 1. The van der Waals surface area contributed by atoms with Crippen molar-refractivity contribution in [3.05, 3.63) is 52.3 Å². The summed E-state index contributed by atoms with van der Waals surface area (Å²) in [6.45, 7) is 2.80. The van der Waals surface area contributed by atoms with Crippen LogP contribution in [0.2, 0.25) is 0 Å². The van der Waals surface area contributed by atoms with E-state index in [2.05, 4.69) is 15.5 Å². The lowest BCUT2D eigenvalue weighted by atomic mass is 10.0. The molecule has 0 unspecified atom stereocenters. The van der Waals surface area contributed by atoms with Gasteiger partial charge in [0.2, 0.25) is 0 Å². The molecule has 0 saturated heterocycles. The van der Waals surface area contributed by atoms with E-state index in [1.54, 1.807) is 0 Å². The van der Waals surface area contributed by atoms with Gasteiger partial charge >= 0.3 is 6.18 Å². The number of hydrogen-bond acceptors (Lipinski definition) is 3. The predicted molar refractivity (Wildman–Crippen MR) is 95.7 cm³/mol. The SMILES string of the molecule is CCCCNC(=O)c1n[nH]c2c1CN(C(=O)c1ccccc1C(F)(F)F)CC2. The maximum atomic E-state index is 13.2. The summed E-state index contributed by atoms with van der Waals surface area (Å²) < 4.78 is 39.7. The van der Waals surface area contributed by atoms with Gasteiger partial charge in [0.1, 0.15) is 0 Å². The maximum absolute atomic E-state index is 13.2. The lowest BCUT2D eigenvalue weighted by molar-refractivity contribution is -0.138. The molecule has 9 heteroatoms. The van der Waals surface area contributed by atoms with E-state index in [9.17, 15) is 22.8 Å². The standard InChI is InChI=1S/C19H21F3N4O2/c1-2-3-9-23-17(27)16-13-11-26(10-8-15(13)24-25-16)18(28)12-6-4-5-7-14(12)19(20,21)22/h4-7H,2-3,8-11H2,1H3,(H,23,27)(H,24,25). The van der Waals surface area contributed by atoms with Gasteiger partial charge in [0.05, 0.1) is 17.7 Å². The molecule has 0 radical (unpaired) electrons. The number of halogens is 3. The van der Waals surface area contributed by atoms with Crippen LogP contribution in [-0.4, -0.2) is 40.0 Å². The third-order valence-corrected chi connectivity index (χ3v) is 4.71. The minimum absolute atomic E-state index is 0.0351. The Morgan fingerprint density at radius 1 is 1.29 bits per heavy atom. The quantitative estimate of drug-likeness (QED) is 0.765. The number of carbonyl (C=O) groups is 2. The first kappa shape index (κ1) is 19.9. The first-order valence-electron chi connectivity index (χ1n) is 9.12. The Balaban J connectivity index is 1.81. The van der Waals surface area contributed by atoms with Crippen molar-refractivity contribution in [1.82, 2.24) is 20.4 Å². The number of aromatic nitrogens is 2. The number of amides is 2. The number of aromatic amines is 1. The van der Waals surface area contributed by atoms with E-state index in [4.69, 9.17) is 0 Å². The molecule has 150 valence electrons. The van der Waals surface area contributed by atoms with Crippen LogP contribution in [0.1, 0.15) is 57.4 Å². The molecule has 0 fully saturated rings. The highest BCUT2D eigenvalue weighted by atomic mass is 19.4. The predicted octanol–water partition coefficient (Wildman–Crippen LogP) is 3.16. The minimum atomic E-state index is -4.62. The van der Waals surface area contributed by atoms with E-state index in [0.29, 0.717) is 18.5 Å². The summed E-state index contributed by atoms with van der Waals surface area (Å²) in [7, 11) is 0. The Bertz CT molecular complexity index is 876. The fraction of sp³-hybridized carbons (Fsp3) is 0.421. The molecule has 2 amide bonds. The Labute approximate surface area is 160 Å². The zero-order valence-corrected chi connectivity index (χ0v) is 15.4. The highest BCUT2D eigenvalue weighted by Gasteiger charge is 2.37. The van der Waals surface area contributed by atoms with Gasteiger partial charge in [0.15, 0.2) is 5.69 Å². The monoisotopic (exact) mass is 394 g/mol. The molecule has 0 atom stereocenters. The van der Waals surface area contributed by atoms with Crippen molar-refractivity contribution >= 4 is 11.8 Å². The van der Waals surface area contributed by atoms with Gasteiger partial charge in [-0.2, -0.15) is 18.3 Å². The van der Waals surface area contributed by atoms with Gasteiger partial charge < -0.3 is 10.2 Å². The van der Waals surface area contributed by atoms with Crippen LogP contribution in [0.15, 0.2) is 24.3 Å². The lowest BCUT2D eigenvalue weighted by Crippen LogP contribution is -2.37. The summed E-state index contributed by atoms with van der Waals surface area (Å²) in [5.74, 6) is -1.06. The summed E-state index contributed by atoms with van der Waals surface area (Å²) in [5.41, 5.74) is 0.117. The molecule has 1 aromatic heterocycles. The van der Waals surface area contributed by atoms with Crippen molar-refractivity contribution in [3.8, 4) is 0 Å². The molecule has 0 spiro atoms. The molecule has 1 aliphatic heterocycles. The number of unbranched alkanes of at least 4 members (excludes halogenated alkanes) is 1. The van der Waals surface area contributed by atoms with Gasteiger partial charge in [-0.3, -0.25) is 14.7 Å². The number of rotatable bonds is 5. The third-order valence-electron chi connectivity index (χ3n) is 4.71. The number of hydrogen-bond donors (Lipinski definition) is 2. The van der Waals surface area contributed by atoms with Crippen molar-refractivity contribution in [3.63, 3.8) is 0 Å². The highest BCUT2D eigenvalue weighted by molar-refractivity contribution is 5.97. The first-order valence-corrected chi connectivity index (χ1v) is 9.12. The zero-order valence-electron chi connectivity index (χ0n) is 15.4. The molecular weight excluding hydrogens is 373 g/mol. The van der Waals surface area contributed by atoms with Gasteiger partial charge in [0.25, 0.3) is 11.8 Å². The third kappa shape index (κ3) is 4.02. The van der Waals surface area contributed by atoms with Gasteiger partial charge in [0, 0.05) is 30.8 Å². The Morgan fingerprint density at radius 2 is 2.04 bits per heavy atom. The zero-order chi connectivity index (χ0) is 20.3. The summed E-state index contributed by atoms with van der Waals surface area (Å²) >= 11 is 0. The average Bonchev–Trinajstić information content (AvgIpc) is 3.10. The fourth-order valence-electron chi connectivity index (χ4n) is 3.21. The second-order valence-electron chi connectivity index (χ2n) is 6.66. The van der Waals surface area contributed by atoms with Crippen molar-refractivity contribution < 1.29 is 22.8 Å². The minimum Gasteiger partial charge on any atom is -0.351 e. The van der Waals surface area contributed by atoms with E-state index in [-0.39, 0.29) is 24.7 Å². The molecule has 2 aromatic rings. The van der Waals surface area contributed by atoms with Crippen LogP contribution in [0.3, 0.4) is 0 Å². The van der Waals surface area contributed by atoms with Crippen LogP contribution >= 0.6 is 0 Å². The number of H-pyrrole nitrogens is 1. The number of nitrogens with zero attached hydrogens (tertiary/aromatic N) is 2. The van der Waals surface area contributed by atoms with Crippen molar-refractivity contribution in [1.29, 1.82) is 0 Å². The summed E-state index contributed by atoms with van der Waals surface area (Å²) in [4.78, 5) is 26.4. The highest BCUT2D eigenvalue weighted by Crippen LogP contribution is 2.33. The van der Waals surface area contributed by atoms with E-state index in [0.717, 1.165) is 24.6 Å². The van der Waals surface area contributed by atoms with Crippen LogP contribution in [-0.2, 0) is 19.1 Å². The normalized spacial score (nSPS) is 13.9. The van der Waals surface area contributed by atoms with Crippen molar-refractivity contribution in [2.24, 2.45) is 0 Å². The molecule has 1 aromatic carbocycles. The van der Waals surface area contributed by atoms with Crippen LogP contribution in [0.5, 0.6) is 0 Å². The van der Waals surface area contributed by atoms with Crippen LogP contribution < -0.4 is 5.32 Å². The summed E-state index contributed by atoms with van der Waals surface area (Å²) in [6, 6.07) is 4.73. The van der Waals surface area contributed by atoms with Crippen LogP contribution in [0.25, 0.3) is 0 Å². The molecular formula is C19H21F3N4O2. The van der Waals surface area contributed by atoms with Gasteiger partial charge in [-0.1, -0.05) is 25.5 Å². The van der Waals surface area contributed by atoms with Gasteiger partial charge in [-0.05, 0) is 18.6 Å². The summed E-state index contributed by atoms with van der Waals surface area (Å²) in [5, 5.41) is 9.62. The van der Waals surface area contributed by atoms with Crippen molar-refractivity contribution in [2.45, 2.75) is 38.9 Å². The molecule has 0 bridgehead atoms. The molecule has 3 rings (SSSR count). The average molecular weight is 394 g/mol. The second-order valence-corrected chi connectivity index (χ2v) is 6.66. The Hall–Kier alpha value is -2.84. The lowest BCUT2D eigenvalue weighted by Gasteiger charge is -2.28. The molecule has 28 heavy (non-hydrogen) atoms. The van der Waals surface area contributed by atoms with Gasteiger partial charge in [-0.25, -0.2) is 0 Å². The van der Waals surface area contributed by atoms with Gasteiger partial charge in [-0.15, -0.1) is 0 Å². The Morgan fingerprint density at radius 3 is 2.75 bits per heavy atom. The largest absolute Gasteiger partial charge is 0.417 e. The van der Waals surface area contributed by atoms with E-state index in [1.165, 1.54) is 23.1 Å². The van der Waals surface area contributed by atoms with E-state index in [1.807, 2.05) is 6.92 Å². The topological polar surface area (TPSA) is 78.1 Å². The van der Waals surface area contributed by atoms with Crippen LogP contribution in [0, 0.1) is 0 Å². The molecule has 0 aliphatic carbocycles. The van der Waals surface area contributed by atoms with E-state index < -0.39 is 23.2 Å². The van der Waals surface area contributed by atoms with Crippen LogP contribution in [0.4, 0.5) is 13.2 Å². The maximum Gasteiger partial charge on any atom is 0.417 e. The summed E-state index contributed by atoms with van der Waals surface area (Å²) in [6.07, 6.45) is -2.46. The number of nitrogens with one attached hydrogen (secondary N) is 2. The van der Waals surface area contributed by atoms with Crippen molar-refractivity contribution in [2.75, 3.05) is 13.1 Å². The smallest absolute Gasteiger partial charge is 0.351 e. The molecule has 2 heterocycles. The first-order chi connectivity index (χ1) is 13.3. The van der Waals surface area contributed by atoms with E-state index >= 15 is 0 Å².